The number of methoxy groups -OCH3 is 1. The summed E-state index contributed by atoms with van der Waals surface area (Å²) in [4.78, 5) is 11.8. The normalized spacial score (nSPS) is 9.96. The minimum Gasteiger partial charge on any atom is -0.497 e. The van der Waals surface area contributed by atoms with Gasteiger partial charge in [-0.2, -0.15) is 0 Å². The predicted molar refractivity (Wildman–Crippen MR) is 102 cm³/mol. The molecule has 126 valence electrons. The van der Waals surface area contributed by atoms with Crippen molar-refractivity contribution in [3.8, 4) is 11.5 Å². The van der Waals surface area contributed by atoms with Gasteiger partial charge in [-0.1, -0.05) is 11.6 Å². The van der Waals surface area contributed by atoms with Crippen LogP contribution in [0, 0.1) is 0 Å². The van der Waals surface area contributed by atoms with Crippen LogP contribution in [0.25, 0.3) is 0 Å². The largest absolute Gasteiger partial charge is 0.497 e. The van der Waals surface area contributed by atoms with Crippen LogP contribution in [-0.2, 0) is 4.79 Å². The van der Waals surface area contributed by atoms with E-state index in [-0.39, 0.29) is 17.6 Å². The Labute approximate surface area is 158 Å². The van der Waals surface area contributed by atoms with Crippen LogP contribution in [-0.4, -0.2) is 24.7 Å². The van der Waals surface area contributed by atoms with E-state index in [1.165, 1.54) is 0 Å². The number of ether oxygens (including phenoxy) is 2. The molecular weight excluding hydrogens is 416 g/mol. The topological polar surface area (TPSA) is 59.6 Å². The van der Waals surface area contributed by atoms with E-state index in [9.17, 15) is 4.79 Å². The van der Waals surface area contributed by atoms with Crippen molar-refractivity contribution in [3.63, 3.8) is 0 Å². The van der Waals surface area contributed by atoms with Crippen LogP contribution in [0.3, 0.4) is 0 Å². The molecule has 2 aromatic carbocycles. The Balaban J connectivity index is 1.80. The molecule has 1 amide bonds. The third-order valence-corrected chi connectivity index (χ3v) is 4.30. The number of benzene rings is 2. The van der Waals surface area contributed by atoms with E-state index in [2.05, 4.69) is 26.6 Å². The highest BCUT2D eigenvalue weighted by Gasteiger charge is 2.07. The molecule has 0 saturated carbocycles. The van der Waals surface area contributed by atoms with Gasteiger partial charge in [0.2, 0.25) is 0 Å². The molecule has 2 aromatic rings. The van der Waals surface area contributed by atoms with E-state index in [4.69, 9.17) is 33.3 Å². The summed E-state index contributed by atoms with van der Waals surface area (Å²) in [6.45, 7) is -0.157. The number of thiocarbonyl (C=S) groups is 1. The number of hydrogen-bond acceptors (Lipinski definition) is 4. The molecule has 2 N–H and O–H groups in total. The molecule has 0 aliphatic carbocycles. The van der Waals surface area contributed by atoms with Crippen molar-refractivity contribution in [1.82, 2.24) is 5.32 Å². The molecular formula is C16H14BrClN2O3S. The lowest BCUT2D eigenvalue weighted by Gasteiger charge is -2.11. The van der Waals surface area contributed by atoms with Gasteiger partial charge in [0, 0.05) is 10.2 Å². The van der Waals surface area contributed by atoms with Gasteiger partial charge >= 0.3 is 0 Å². The first kappa shape index (κ1) is 18.5. The summed E-state index contributed by atoms with van der Waals surface area (Å²) in [5.41, 5.74) is 0.671. The molecule has 8 heteroatoms. The smallest absolute Gasteiger partial charge is 0.264 e. The van der Waals surface area contributed by atoms with Gasteiger partial charge in [-0.25, -0.2) is 0 Å². The van der Waals surface area contributed by atoms with Crippen molar-refractivity contribution in [2.24, 2.45) is 0 Å². The zero-order chi connectivity index (χ0) is 17.5. The Kier molecular flexibility index (Phi) is 6.84. The molecule has 0 aromatic heterocycles. The lowest BCUT2D eigenvalue weighted by Crippen LogP contribution is -2.37. The fraction of sp³-hybridized carbons (Fsp3) is 0.125. The molecule has 5 nitrogen and oxygen atoms in total. The zero-order valence-electron chi connectivity index (χ0n) is 12.6. The molecule has 0 bridgehead atoms. The number of hydrogen-bond donors (Lipinski definition) is 2. The number of rotatable bonds is 5. The van der Waals surface area contributed by atoms with Crippen molar-refractivity contribution >= 4 is 56.5 Å². The summed E-state index contributed by atoms with van der Waals surface area (Å²) in [5, 5.41) is 6.11. The summed E-state index contributed by atoms with van der Waals surface area (Å²) < 4.78 is 11.2. The van der Waals surface area contributed by atoms with Crippen molar-refractivity contribution in [2.75, 3.05) is 19.0 Å². The van der Waals surface area contributed by atoms with Crippen LogP contribution in [0.15, 0.2) is 46.9 Å². The monoisotopic (exact) mass is 428 g/mol. The van der Waals surface area contributed by atoms with E-state index in [0.29, 0.717) is 22.2 Å². The van der Waals surface area contributed by atoms with Crippen LogP contribution >= 0.6 is 39.7 Å². The number of anilines is 1. The van der Waals surface area contributed by atoms with Gasteiger partial charge in [-0.15, -0.1) is 0 Å². The Morgan fingerprint density at radius 2 is 1.88 bits per heavy atom. The molecule has 0 fully saturated rings. The van der Waals surface area contributed by atoms with Gasteiger partial charge in [-0.05, 0) is 70.6 Å². The number of nitrogens with one attached hydrogen (secondary N) is 2. The fourth-order valence-electron chi connectivity index (χ4n) is 1.72. The predicted octanol–water partition coefficient (Wildman–Crippen LogP) is 4.00. The third-order valence-electron chi connectivity index (χ3n) is 2.86. The minimum atomic E-state index is -0.369. The Bertz CT molecular complexity index is 741. The van der Waals surface area contributed by atoms with Crippen LogP contribution in [0.5, 0.6) is 11.5 Å². The van der Waals surface area contributed by atoms with E-state index in [1.807, 2.05) is 0 Å². The van der Waals surface area contributed by atoms with Gasteiger partial charge in [-0.3, -0.25) is 10.1 Å². The van der Waals surface area contributed by atoms with Crippen LogP contribution in [0.4, 0.5) is 5.69 Å². The number of amides is 1. The first-order valence-corrected chi connectivity index (χ1v) is 8.38. The second-order valence-electron chi connectivity index (χ2n) is 4.60. The van der Waals surface area contributed by atoms with E-state index >= 15 is 0 Å². The second-order valence-corrected chi connectivity index (χ2v) is 6.27. The minimum absolute atomic E-state index is 0.157. The molecule has 0 heterocycles. The summed E-state index contributed by atoms with van der Waals surface area (Å²) in [7, 11) is 1.58. The molecule has 24 heavy (non-hydrogen) atoms. The molecule has 0 aliphatic heterocycles. The number of halogens is 2. The lowest BCUT2D eigenvalue weighted by molar-refractivity contribution is -0.121. The first-order valence-electron chi connectivity index (χ1n) is 6.80. The average Bonchev–Trinajstić information content (AvgIpc) is 2.56. The number of carbonyl (C=O) groups is 1. The molecule has 0 atom stereocenters. The van der Waals surface area contributed by atoms with Crippen molar-refractivity contribution in [2.45, 2.75) is 0 Å². The van der Waals surface area contributed by atoms with E-state index in [1.54, 1.807) is 49.6 Å². The average molecular weight is 430 g/mol. The highest BCUT2D eigenvalue weighted by atomic mass is 79.9. The van der Waals surface area contributed by atoms with Gasteiger partial charge in [0.05, 0.1) is 12.1 Å². The number of carbonyl (C=O) groups excluding carboxylic acids is 1. The maximum Gasteiger partial charge on any atom is 0.264 e. The second kappa shape index (κ2) is 8.86. The molecule has 2 rings (SSSR count). The van der Waals surface area contributed by atoms with Crippen molar-refractivity contribution in [1.29, 1.82) is 0 Å². The molecule has 0 unspecified atom stereocenters. The SMILES string of the molecule is COc1ccc(OCC(=O)NC(=S)Nc2ccc(Br)c(Cl)c2)cc1. The maximum atomic E-state index is 11.8. The summed E-state index contributed by atoms with van der Waals surface area (Å²) in [6.07, 6.45) is 0. The maximum absolute atomic E-state index is 11.8. The molecule has 0 saturated heterocycles. The van der Waals surface area contributed by atoms with Crippen LogP contribution in [0.1, 0.15) is 0 Å². The van der Waals surface area contributed by atoms with E-state index < -0.39 is 0 Å². The summed E-state index contributed by atoms with van der Waals surface area (Å²) in [6, 6.07) is 12.2. The van der Waals surface area contributed by atoms with Crippen molar-refractivity contribution < 1.29 is 14.3 Å². The quantitative estimate of drug-likeness (QED) is 0.704. The van der Waals surface area contributed by atoms with Gasteiger partial charge in [0.15, 0.2) is 11.7 Å². The van der Waals surface area contributed by atoms with Crippen LogP contribution < -0.4 is 20.1 Å². The van der Waals surface area contributed by atoms with Gasteiger partial charge < -0.3 is 14.8 Å². The van der Waals surface area contributed by atoms with Crippen molar-refractivity contribution in [3.05, 3.63) is 52.0 Å². The summed E-state index contributed by atoms with van der Waals surface area (Å²) >= 11 is 14.4. The van der Waals surface area contributed by atoms with Crippen LogP contribution in [0.2, 0.25) is 5.02 Å². The van der Waals surface area contributed by atoms with Gasteiger partial charge in [0.1, 0.15) is 11.5 Å². The van der Waals surface area contributed by atoms with Gasteiger partial charge in [0.25, 0.3) is 5.91 Å². The third kappa shape index (κ3) is 5.67. The molecule has 0 spiro atoms. The van der Waals surface area contributed by atoms with E-state index in [0.717, 1.165) is 4.47 Å². The molecule has 0 aliphatic rings. The Morgan fingerprint density at radius 1 is 1.21 bits per heavy atom. The lowest BCUT2D eigenvalue weighted by atomic mass is 10.3. The molecule has 0 radical (unpaired) electrons. The highest BCUT2D eigenvalue weighted by molar-refractivity contribution is 9.10. The fourth-order valence-corrected chi connectivity index (χ4v) is 2.38. The Hall–Kier alpha value is -1.83. The first-order chi connectivity index (χ1) is 11.5. The highest BCUT2D eigenvalue weighted by Crippen LogP contribution is 2.25. The summed E-state index contributed by atoms with van der Waals surface area (Å²) in [5.74, 6) is 0.904. The standard InChI is InChI=1S/C16H14BrClN2O3S/c1-22-11-3-5-12(6-4-11)23-9-15(21)20-16(24)19-10-2-7-13(17)14(18)8-10/h2-8H,9H2,1H3,(H2,19,20,21,24). The Morgan fingerprint density at radius 3 is 2.50 bits per heavy atom. The zero-order valence-corrected chi connectivity index (χ0v) is 15.8.